The van der Waals surface area contributed by atoms with Gasteiger partial charge < -0.3 is 9.32 Å². The predicted molar refractivity (Wildman–Crippen MR) is 64.9 cm³/mol. The summed E-state index contributed by atoms with van der Waals surface area (Å²) in [5.41, 5.74) is -0.285. The molecule has 19 heavy (non-hydrogen) atoms. The van der Waals surface area contributed by atoms with Crippen LogP contribution >= 0.6 is 0 Å². The number of carbonyl (C=O) groups excluding carboxylic acids is 1. The molecule has 1 aliphatic carbocycles. The van der Waals surface area contributed by atoms with Gasteiger partial charge in [-0.25, -0.2) is 4.39 Å². The number of aromatic nitrogens is 2. The molecule has 2 fully saturated rings. The summed E-state index contributed by atoms with van der Waals surface area (Å²) in [6.45, 7) is 5.82. The van der Waals surface area contributed by atoms with E-state index in [1.54, 1.807) is 6.92 Å². The fourth-order valence-electron chi connectivity index (χ4n) is 3.46. The smallest absolute Gasteiger partial charge is 0.282 e. The van der Waals surface area contributed by atoms with Crippen molar-refractivity contribution >= 4 is 5.91 Å². The first-order valence-electron chi connectivity index (χ1n) is 6.47. The predicted octanol–water partition coefficient (Wildman–Crippen LogP) is 1.74. The fraction of sp³-hybridized carbons (Fsp3) is 0.615. The molecule has 2 atom stereocenters. The van der Waals surface area contributed by atoms with Crippen LogP contribution in [-0.2, 0) is 10.2 Å². The quantitative estimate of drug-likeness (QED) is 0.764. The molecule has 0 spiro atoms. The van der Waals surface area contributed by atoms with E-state index < -0.39 is 11.7 Å². The molecule has 0 unspecified atom stereocenters. The van der Waals surface area contributed by atoms with Crippen molar-refractivity contribution in [2.24, 2.45) is 5.92 Å². The van der Waals surface area contributed by atoms with Crippen molar-refractivity contribution in [1.29, 1.82) is 0 Å². The normalized spacial score (nSPS) is 29.6. The van der Waals surface area contributed by atoms with Crippen LogP contribution < -0.4 is 0 Å². The van der Waals surface area contributed by atoms with Gasteiger partial charge in [0.2, 0.25) is 11.8 Å². The Labute approximate surface area is 110 Å². The second kappa shape index (κ2) is 4.15. The van der Waals surface area contributed by atoms with Crippen molar-refractivity contribution < 1.29 is 13.6 Å². The van der Waals surface area contributed by atoms with E-state index >= 15 is 0 Å². The Kier molecular flexibility index (Phi) is 2.69. The summed E-state index contributed by atoms with van der Waals surface area (Å²) in [4.78, 5) is 13.3. The number of hydrogen-bond donors (Lipinski definition) is 0. The van der Waals surface area contributed by atoms with Crippen molar-refractivity contribution in [2.45, 2.75) is 31.6 Å². The number of aryl methyl sites for hydroxylation is 1. The minimum atomic E-state index is -0.906. The van der Waals surface area contributed by atoms with Crippen LogP contribution in [0.3, 0.4) is 0 Å². The Morgan fingerprint density at radius 2 is 2.37 bits per heavy atom. The molecule has 3 rings (SSSR count). The Morgan fingerprint density at radius 1 is 1.58 bits per heavy atom. The number of hydrogen-bond acceptors (Lipinski definition) is 4. The van der Waals surface area contributed by atoms with Gasteiger partial charge in [0.1, 0.15) is 0 Å². The van der Waals surface area contributed by atoms with Gasteiger partial charge in [-0.2, -0.15) is 0 Å². The Morgan fingerprint density at radius 3 is 3.00 bits per heavy atom. The highest BCUT2D eigenvalue weighted by molar-refractivity contribution is 5.91. The molecule has 1 aromatic rings. The fourth-order valence-corrected chi connectivity index (χ4v) is 3.46. The number of likely N-dealkylation sites (tertiary alicyclic amines) is 1. The maximum Gasteiger partial charge on any atom is 0.282 e. The molecule has 2 heterocycles. The van der Waals surface area contributed by atoms with E-state index in [0.29, 0.717) is 24.9 Å². The second-order valence-electron chi connectivity index (χ2n) is 5.46. The summed E-state index contributed by atoms with van der Waals surface area (Å²) in [7, 11) is 0. The lowest BCUT2D eigenvalue weighted by Crippen LogP contribution is -2.35. The zero-order valence-corrected chi connectivity index (χ0v) is 10.9. The summed E-state index contributed by atoms with van der Waals surface area (Å²) >= 11 is 0. The maximum absolute atomic E-state index is 13.0. The lowest BCUT2D eigenvalue weighted by atomic mass is 9.80. The van der Waals surface area contributed by atoms with E-state index in [2.05, 4.69) is 16.8 Å². The maximum atomic E-state index is 13.0. The number of amides is 1. The van der Waals surface area contributed by atoms with Gasteiger partial charge in [0.05, 0.1) is 5.41 Å². The highest BCUT2D eigenvalue weighted by Crippen LogP contribution is 2.50. The van der Waals surface area contributed by atoms with Gasteiger partial charge >= 0.3 is 0 Å². The number of nitrogens with zero attached hydrogens (tertiary/aromatic N) is 3. The Hall–Kier alpha value is -1.72. The SMILES string of the molecule is C=C(F)C(=O)N1C[C@@H]2CCC[C@]2(c2nnc(C)o2)C1. The van der Waals surface area contributed by atoms with E-state index in [1.807, 2.05) is 0 Å². The van der Waals surface area contributed by atoms with E-state index in [0.717, 1.165) is 19.3 Å². The molecule has 1 saturated carbocycles. The lowest BCUT2D eigenvalue weighted by molar-refractivity contribution is -0.128. The molecule has 6 heteroatoms. The van der Waals surface area contributed by atoms with Crippen molar-refractivity contribution in [2.75, 3.05) is 13.1 Å². The van der Waals surface area contributed by atoms with E-state index in [-0.39, 0.29) is 11.3 Å². The van der Waals surface area contributed by atoms with Crippen LogP contribution in [0.25, 0.3) is 0 Å². The van der Waals surface area contributed by atoms with Crippen LogP contribution in [0.5, 0.6) is 0 Å². The first kappa shape index (κ1) is 12.3. The molecule has 1 amide bonds. The molecule has 1 aliphatic heterocycles. The standard InChI is InChI=1S/C13H16FN3O2/c1-8(14)11(18)17-6-10-4-3-5-13(10,7-17)12-16-15-9(2)19-12/h10H,1,3-7H2,2H3/t10-,13-/m0/s1. The Balaban J connectivity index is 1.92. The van der Waals surface area contributed by atoms with Gasteiger partial charge in [-0.05, 0) is 18.8 Å². The molecular weight excluding hydrogens is 249 g/mol. The minimum absolute atomic E-state index is 0.274. The largest absolute Gasteiger partial charge is 0.425 e. The average Bonchev–Trinajstić information content (AvgIpc) is 3.00. The second-order valence-corrected chi connectivity index (χ2v) is 5.46. The molecule has 5 nitrogen and oxygen atoms in total. The third-order valence-corrected chi connectivity index (χ3v) is 4.34. The van der Waals surface area contributed by atoms with Crippen molar-refractivity contribution in [3.05, 3.63) is 24.2 Å². The molecule has 0 bridgehead atoms. The summed E-state index contributed by atoms with van der Waals surface area (Å²) in [5, 5.41) is 8.01. The first-order chi connectivity index (χ1) is 9.03. The molecule has 0 radical (unpaired) electrons. The topological polar surface area (TPSA) is 59.2 Å². The number of carbonyl (C=O) groups is 1. The number of rotatable bonds is 2. The van der Waals surface area contributed by atoms with Crippen LogP contribution in [0, 0.1) is 12.8 Å². The van der Waals surface area contributed by atoms with Crippen LogP contribution in [-0.4, -0.2) is 34.1 Å². The summed E-state index contributed by atoms with van der Waals surface area (Å²) in [5.74, 6) is -0.139. The van der Waals surface area contributed by atoms with Crippen molar-refractivity contribution in [1.82, 2.24) is 15.1 Å². The van der Waals surface area contributed by atoms with Gasteiger partial charge in [-0.3, -0.25) is 4.79 Å². The number of fused-ring (bicyclic) bond motifs is 1. The van der Waals surface area contributed by atoms with Gasteiger partial charge in [-0.1, -0.05) is 13.0 Å². The van der Waals surface area contributed by atoms with Gasteiger partial charge in [0, 0.05) is 20.0 Å². The van der Waals surface area contributed by atoms with Crippen molar-refractivity contribution in [3.8, 4) is 0 Å². The third-order valence-electron chi connectivity index (χ3n) is 4.34. The molecule has 102 valence electrons. The molecule has 0 aromatic carbocycles. The molecule has 0 N–H and O–H groups in total. The zero-order chi connectivity index (χ0) is 13.6. The molecule has 1 aromatic heterocycles. The van der Waals surface area contributed by atoms with Crippen LogP contribution in [0.4, 0.5) is 4.39 Å². The van der Waals surface area contributed by atoms with Crippen molar-refractivity contribution in [3.63, 3.8) is 0 Å². The first-order valence-corrected chi connectivity index (χ1v) is 6.47. The van der Waals surface area contributed by atoms with E-state index in [4.69, 9.17) is 4.42 Å². The van der Waals surface area contributed by atoms with Crippen LogP contribution in [0.2, 0.25) is 0 Å². The average molecular weight is 265 g/mol. The molecule has 2 aliphatic rings. The number of halogens is 1. The van der Waals surface area contributed by atoms with Crippen LogP contribution in [0.15, 0.2) is 16.8 Å². The van der Waals surface area contributed by atoms with Crippen LogP contribution in [0.1, 0.15) is 31.0 Å². The van der Waals surface area contributed by atoms with Gasteiger partial charge in [0.25, 0.3) is 5.91 Å². The summed E-state index contributed by atoms with van der Waals surface area (Å²) < 4.78 is 18.6. The van der Waals surface area contributed by atoms with Gasteiger partial charge in [0.15, 0.2) is 5.83 Å². The lowest BCUT2D eigenvalue weighted by Gasteiger charge is -2.24. The minimum Gasteiger partial charge on any atom is -0.425 e. The highest BCUT2D eigenvalue weighted by Gasteiger charge is 2.55. The molecular formula is C13H16FN3O2. The Bertz CT molecular complexity index is 542. The van der Waals surface area contributed by atoms with Gasteiger partial charge in [-0.15, -0.1) is 10.2 Å². The highest BCUT2D eigenvalue weighted by atomic mass is 19.1. The third kappa shape index (κ3) is 1.77. The zero-order valence-electron chi connectivity index (χ0n) is 10.9. The van der Waals surface area contributed by atoms with E-state index in [9.17, 15) is 9.18 Å². The van der Waals surface area contributed by atoms with E-state index in [1.165, 1.54) is 4.90 Å². The summed E-state index contributed by atoms with van der Waals surface area (Å²) in [6.07, 6.45) is 2.98. The summed E-state index contributed by atoms with van der Waals surface area (Å²) in [6, 6.07) is 0. The monoisotopic (exact) mass is 265 g/mol. The molecule has 1 saturated heterocycles.